The van der Waals surface area contributed by atoms with Crippen LogP contribution in [0, 0.1) is 20.8 Å². The Morgan fingerprint density at radius 3 is 2.62 bits per heavy atom. The van der Waals surface area contributed by atoms with E-state index in [4.69, 9.17) is 4.74 Å². The summed E-state index contributed by atoms with van der Waals surface area (Å²) in [7, 11) is 0. The first-order valence-electron chi connectivity index (χ1n) is 7.79. The van der Waals surface area contributed by atoms with E-state index in [9.17, 15) is 9.59 Å². The first kappa shape index (κ1) is 18.0. The lowest BCUT2D eigenvalue weighted by Crippen LogP contribution is -2.22. The Morgan fingerprint density at radius 2 is 1.96 bits per heavy atom. The number of rotatable bonds is 6. The summed E-state index contributed by atoms with van der Waals surface area (Å²) in [6.45, 7) is 7.96. The molecule has 0 spiro atoms. The standard InChI is InChI=1S/C18H22N2O3S/c1-5-23-18(22)16-12(3)13(4)24-17(16)20-15(21)10-19-14-8-6-7-11(2)9-14/h6-9,19H,5,10H2,1-4H3,(H,20,21). The van der Waals surface area contributed by atoms with Gasteiger partial charge < -0.3 is 15.4 Å². The lowest BCUT2D eigenvalue weighted by Gasteiger charge is -2.09. The molecule has 5 nitrogen and oxygen atoms in total. The van der Waals surface area contributed by atoms with Crippen LogP contribution >= 0.6 is 11.3 Å². The predicted octanol–water partition coefficient (Wildman–Crippen LogP) is 3.90. The summed E-state index contributed by atoms with van der Waals surface area (Å²) < 4.78 is 5.09. The molecule has 1 amide bonds. The average Bonchev–Trinajstić information content (AvgIpc) is 2.80. The molecule has 0 atom stereocenters. The van der Waals surface area contributed by atoms with Gasteiger partial charge in [0.25, 0.3) is 0 Å². The maximum atomic E-state index is 12.2. The maximum absolute atomic E-state index is 12.2. The number of ether oxygens (including phenoxy) is 1. The molecule has 6 heteroatoms. The monoisotopic (exact) mass is 346 g/mol. The number of benzene rings is 1. The molecule has 0 aliphatic heterocycles. The van der Waals surface area contributed by atoms with E-state index < -0.39 is 5.97 Å². The van der Waals surface area contributed by atoms with Gasteiger partial charge in [-0.05, 0) is 51.0 Å². The van der Waals surface area contributed by atoms with Gasteiger partial charge in [0.1, 0.15) is 5.00 Å². The molecule has 1 aromatic carbocycles. The maximum Gasteiger partial charge on any atom is 0.341 e. The second-order valence-corrected chi connectivity index (χ2v) is 6.70. The van der Waals surface area contributed by atoms with E-state index in [1.54, 1.807) is 6.92 Å². The van der Waals surface area contributed by atoms with Crippen molar-refractivity contribution in [3.8, 4) is 0 Å². The lowest BCUT2D eigenvalue weighted by molar-refractivity contribution is -0.114. The number of thiophene rings is 1. The number of hydrogen-bond acceptors (Lipinski definition) is 5. The van der Waals surface area contributed by atoms with Crippen molar-refractivity contribution in [2.45, 2.75) is 27.7 Å². The van der Waals surface area contributed by atoms with Gasteiger partial charge in [0.15, 0.2) is 0 Å². The molecule has 0 radical (unpaired) electrons. The smallest absolute Gasteiger partial charge is 0.341 e. The van der Waals surface area contributed by atoms with Crippen molar-refractivity contribution in [2.75, 3.05) is 23.8 Å². The van der Waals surface area contributed by atoms with Crippen LogP contribution in [0.1, 0.15) is 33.3 Å². The van der Waals surface area contributed by atoms with Crippen molar-refractivity contribution in [3.63, 3.8) is 0 Å². The zero-order chi connectivity index (χ0) is 17.7. The third kappa shape index (κ3) is 4.35. The Balaban J connectivity index is 2.06. The van der Waals surface area contributed by atoms with E-state index in [0.29, 0.717) is 17.2 Å². The second-order valence-electron chi connectivity index (χ2n) is 5.48. The predicted molar refractivity (Wildman–Crippen MR) is 98.0 cm³/mol. The molecule has 0 aliphatic carbocycles. The minimum atomic E-state index is -0.402. The first-order chi connectivity index (χ1) is 11.4. The van der Waals surface area contributed by atoms with E-state index in [2.05, 4.69) is 10.6 Å². The number of carbonyl (C=O) groups excluding carboxylic acids is 2. The summed E-state index contributed by atoms with van der Waals surface area (Å²) in [6.07, 6.45) is 0. The highest BCUT2D eigenvalue weighted by atomic mass is 32.1. The molecular formula is C18H22N2O3S. The van der Waals surface area contributed by atoms with Crippen LogP contribution in [-0.2, 0) is 9.53 Å². The van der Waals surface area contributed by atoms with Crippen molar-refractivity contribution in [2.24, 2.45) is 0 Å². The van der Waals surface area contributed by atoms with Gasteiger partial charge in [0, 0.05) is 10.6 Å². The molecule has 1 heterocycles. The molecule has 0 unspecified atom stereocenters. The minimum absolute atomic E-state index is 0.127. The largest absolute Gasteiger partial charge is 0.462 e. The van der Waals surface area contributed by atoms with Crippen LogP contribution < -0.4 is 10.6 Å². The fourth-order valence-electron chi connectivity index (χ4n) is 2.27. The zero-order valence-electron chi connectivity index (χ0n) is 14.4. The number of nitrogens with one attached hydrogen (secondary N) is 2. The summed E-state index contributed by atoms with van der Waals surface area (Å²) >= 11 is 1.39. The SMILES string of the molecule is CCOC(=O)c1c(NC(=O)CNc2cccc(C)c2)sc(C)c1C. The van der Waals surface area contributed by atoms with Gasteiger partial charge >= 0.3 is 5.97 Å². The molecule has 1 aromatic heterocycles. The summed E-state index contributed by atoms with van der Waals surface area (Å²) in [4.78, 5) is 25.3. The Bertz CT molecular complexity index is 753. The van der Waals surface area contributed by atoms with Crippen molar-refractivity contribution in [1.82, 2.24) is 0 Å². The molecule has 2 N–H and O–H groups in total. The van der Waals surface area contributed by atoms with Gasteiger partial charge in [-0.1, -0.05) is 12.1 Å². The topological polar surface area (TPSA) is 67.4 Å². The van der Waals surface area contributed by atoms with Crippen molar-refractivity contribution in [1.29, 1.82) is 0 Å². The normalized spacial score (nSPS) is 10.3. The van der Waals surface area contributed by atoms with Crippen molar-refractivity contribution >= 4 is 33.9 Å². The van der Waals surface area contributed by atoms with Gasteiger partial charge in [-0.25, -0.2) is 4.79 Å². The fraction of sp³-hybridized carbons (Fsp3) is 0.333. The number of anilines is 2. The minimum Gasteiger partial charge on any atom is -0.462 e. The highest BCUT2D eigenvalue weighted by Gasteiger charge is 2.21. The number of esters is 1. The first-order valence-corrected chi connectivity index (χ1v) is 8.61. The Hall–Kier alpha value is -2.34. The Morgan fingerprint density at radius 1 is 1.21 bits per heavy atom. The molecule has 0 bridgehead atoms. The van der Waals surface area contributed by atoms with Crippen LogP contribution in [-0.4, -0.2) is 25.0 Å². The van der Waals surface area contributed by atoms with Gasteiger partial charge in [-0.3, -0.25) is 4.79 Å². The Kier molecular flexibility index (Phi) is 5.98. The third-order valence-electron chi connectivity index (χ3n) is 3.59. The molecule has 2 aromatic rings. The molecule has 128 valence electrons. The summed E-state index contributed by atoms with van der Waals surface area (Å²) in [6, 6.07) is 7.80. The van der Waals surface area contributed by atoms with E-state index in [1.165, 1.54) is 11.3 Å². The lowest BCUT2D eigenvalue weighted by atomic mass is 10.1. The van der Waals surface area contributed by atoms with E-state index in [-0.39, 0.29) is 12.5 Å². The highest BCUT2D eigenvalue weighted by molar-refractivity contribution is 7.16. The molecule has 0 fully saturated rings. The number of aryl methyl sites for hydroxylation is 2. The molecular weight excluding hydrogens is 324 g/mol. The van der Waals surface area contributed by atoms with Gasteiger partial charge in [0.05, 0.1) is 18.7 Å². The fourth-order valence-corrected chi connectivity index (χ4v) is 3.34. The average molecular weight is 346 g/mol. The third-order valence-corrected chi connectivity index (χ3v) is 4.71. The summed E-state index contributed by atoms with van der Waals surface area (Å²) in [5, 5.41) is 6.43. The number of hydrogen-bond donors (Lipinski definition) is 2. The van der Waals surface area contributed by atoms with Crippen LogP contribution in [0.25, 0.3) is 0 Å². The van der Waals surface area contributed by atoms with Crippen molar-refractivity contribution < 1.29 is 14.3 Å². The van der Waals surface area contributed by atoms with Gasteiger partial charge in [-0.2, -0.15) is 0 Å². The van der Waals surface area contributed by atoms with Crippen LogP contribution in [0.2, 0.25) is 0 Å². The van der Waals surface area contributed by atoms with Gasteiger partial charge in [0.2, 0.25) is 5.91 Å². The quantitative estimate of drug-likeness (QED) is 0.779. The van der Waals surface area contributed by atoms with E-state index >= 15 is 0 Å². The van der Waals surface area contributed by atoms with Crippen LogP contribution in [0.3, 0.4) is 0 Å². The van der Waals surface area contributed by atoms with Crippen LogP contribution in [0.4, 0.5) is 10.7 Å². The number of carbonyl (C=O) groups is 2. The van der Waals surface area contributed by atoms with Crippen LogP contribution in [0.5, 0.6) is 0 Å². The molecule has 24 heavy (non-hydrogen) atoms. The summed E-state index contributed by atoms with van der Waals surface area (Å²) in [5.41, 5.74) is 3.30. The number of amides is 1. The molecule has 2 rings (SSSR count). The van der Waals surface area contributed by atoms with Crippen molar-refractivity contribution in [3.05, 3.63) is 45.8 Å². The molecule has 0 aliphatic rings. The van der Waals surface area contributed by atoms with E-state index in [0.717, 1.165) is 21.7 Å². The highest BCUT2D eigenvalue weighted by Crippen LogP contribution is 2.33. The zero-order valence-corrected chi connectivity index (χ0v) is 15.2. The molecule has 0 saturated heterocycles. The second kappa shape index (κ2) is 7.97. The summed E-state index contributed by atoms with van der Waals surface area (Å²) in [5.74, 6) is -0.607. The van der Waals surface area contributed by atoms with Gasteiger partial charge in [-0.15, -0.1) is 11.3 Å². The van der Waals surface area contributed by atoms with E-state index in [1.807, 2.05) is 45.0 Å². The molecule has 0 saturated carbocycles. The van der Waals surface area contributed by atoms with Crippen LogP contribution in [0.15, 0.2) is 24.3 Å². The Labute approximate surface area is 146 Å².